The molecular formula is C4H11O2Si2. The minimum absolute atomic E-state index is 0.523. The van der Waals surface area contributed by atoms with Crippen molar-refractivity contribution in [2.75, 3.05) is 0 Å². The summed E-state index contributed by atoms with van der Waals surface area (Å²) in [6.45, 7) is 6.96. The second-order valence-electron chi connectivity index (χ2n) is 1.65. The number of hydrogen-bond donors (Lipinski definition) is 0. The Morgan fingerprint density at radius 3 is 2.50 bits per heavy atom. The zero-order valence-electron chi connectivity index (χ0n) is 5.31. The van der Waals surface area contributed by atoms with Crippen LogP contribution in [0, 0.1) is 0 Å². The molecule has 47 valence electrons. The highest BCUT2D eigenvalue weighted by molar-refractivity contribution is 6.73. The molecule has 0 bridgehead atoms. The molecule has 4 heteroatoms. The monoisotopic (exact) mass is 147 g/mol. The van der Waals surface area contributed by atoms with Gasteiger partial charge in [-0.1, -0.05) is 6.55 Å². The van der Waals surface area contributed by atoms with Gasteiger partial charge < -0.3 is 4.12 Å². The van der Waals surface area contributed by atoms with Crippen LogP contribution in [0.1, 0.15) is 0 Å². The summed E-state index contributed by atoms with van der Waals surface area (Å²) in [5, 5.41) is 0. The predicted octanol–water partition coefficient (Wildman–Crippen LogP) is 0.363. The first-order valence-electron chi connectivity index (χ1n) is 2.60. The average molecular weight is 147 g/mol. The zero-order chi connectivity index (χ0) is 6.62. The second kappa shape index (κ2) is 3.19. The van der Waals surface area contributed by atoms with E-state index in [1.54, 1.807) is 6.55 Å². The van der Waals surface area contributed by atoms with Crippen LogP contribution in [-0.2, 0) is 8.91 Å². The molecule has 0 aliphatic carbocycles. The fraction of sp³-hybridized carbons (Fsp3) is 0.500. The van der Waals surface area contributed by atoms with Crippen molar-refractivity contribution >= 4 is 18.3 Å². The maximum Gasteiger partial charge on any atom is 0.384 e. The molecule has 0 aliphatic heterocycles. The van der Waals surface area contributed by atoms with E-state index in [2.05, 4.69) is 6.58 Å². The lowest BCUT2D eigenvalue weighted by Crippen LogP contribution is -2.31. The fourth-order valence-corrected chi connectivity index (χ4v) is 3.11. The maximum atomic E-state index is 10.9. The van der Waals surface area contributed by atoms with Crippen LogP contribution >= 0.6 is 0 Å². The smallest absolute Gasteiger partial charge is 0.384 e. The van der Waals surface area contributed by atoms with Gasteiger partial charge in [-0.05, 0) is 12.2 Å². The standard InChI is InChI=1S/C4H11O2Si2/c1-4-8(3,5)6-7-2/h4H,1,7H2,2-3H3. The highest BCUT2D eigenvalue weighted by Crippen LogP contribution is 1.98. The number of rotatable bonds is 3. The van der Waals surface area contributed by atoms with E-state index in [-0.39, 0.29) is 0 Å². The van der Waals surface area contributed by atoms with E-state index in [1.807, 2.05) is 6.55 Å². The Morgan fingerprint density at radius 1 is 1.88 bits per heavy atom. The van der Waals surface area contributed by atoms with Crippen LogP contribution in [0.15, 0.2) is 12.3 Å². The molecule has 0 aromatic rings. The summed E-state index contributed by atoms with van der Waals surface area (Å²) < 4.78 is 4.98. The Bertz CT molecular complexity index is 82.1. The van der Waals surface area contributed by atoms with Gasteiger partial charge in [0.1, 0.15) is 9.76 Å². The van der Waals surface area contributed by atoms with Gasteiger partial charge in [0, 0.05) is 0 Å². The molecule has 0 N–H and O–H groups in total. The van der Waals surface area contributed by atoms with Crippen molar-refractivity contribution < 1.29 is 8.91 Å². The SMILES string of the molecule is C=C[Si](C)([O])O[SiH2]C. The minimum atomic E-state index is -2.60. The molecule has 1 unspecified atom stereocenters. The van der Waals surface area contributed by atoms with Crippen molar-refractivity contribution in [3.05, 3.63) is 12.3 Å². The topological polar surface area (TPSA) is 29.1 Å². The van der Waals surface area contributed by atoms with Gasteiger partial charge in [-0.15, -0.1) is 6.58 Å². The molecule has 0 saturated heterocycles. The largest absolute Gasteiger partial charge is 0.438 e. The third kappa shape index (κ3) is 3.14. The van der Waals surface area contributed by atoms with Crippen molar-refractivity contribution in [1.29, 1.82) is 0 Å². The maximum absolute atomic E-state index is 10.9. The van der Waals surface area contributed by atoms with Gasteiger partial charge in [-0.2, -0.15) is 0 Å². The highest BCUT2D eigenvalue weighted by atomic mass is 28.4. The van der Waals surface area contributed by atoms with E-state index in [0.29, 0.717) is 0 Å². The summed E-state index contributed by atoms with van der Waals surface area (Å²) >= 11 is 0. The summed E-state index contributed by atoms with van der Waals surface area (Å²) in [6, 6.07) is 0. The van der Waals surface area contributed by atoms with Crippen LogP contribution in [0.3, 0.4) is 0 Å². The molecule has 0 spiro atoms. The Kier molecular flexibility index (Phi) is 3.22. The van der Waals surface area contributed by atoms with E-state index in [1.165, 1.54) is 5.70 Å². The Morgan fingerprint density at radius 2 is 2.38 bits per heavy atom. The van der Waals surface area contributed by atoms with Crippen LogP contribution in [0.25, 0.3) is 0 Å². The van der Waals surface area contributed by atoms with Gasteiger partial charge >= 0.3 is 8.56 Å². The molecule has 0 aromatic heterocycles. The molecule has 8 heavy (non-hydrogen) atoms. The Labute approximate surface area is 53.4 Å². The molecule has 0 aromatic carbocycles. The van der Waals surface area contributed by atoms with Crippen molar-refractivity contribution in [1.82, 2.24) is 0 Å². The molecule has 0 amide bonds. The number of hydrogen-bond acceptors (Lipinski definition) is 1. The van der Waals surface area contributed by atoms with Crippen LogP contribution in [0.4, 0.5) is 0 Å². The van der Waals surface area contributed by atoms with Crippen LogP contribution in [0.5, 0.6) is 0 Å². The van der Waals surface area contributed by atoms with E-state index in [0.717, 1.165) is 0 Å². The normalized spacial score (nSPS) is 18.9. The third-order valence-electron chi connectivity index (χ3n) is 0.802. The van der Waals surface area contributed by atoms with Crippen LogP contribution in [0.2, 0.25) is 13.1 Å². The van der Waals surface area contributed by atoms with Crippen LogP contribution < -0.4 is 0 Å². The van der Waals surface area contributed by atoms with Gasteiger partial charge in [0.2, 0.25) is 0 Å². The van der Waals surface area contributed by atoms with Crippen molar-refractivity contribution in [3.63, 3.8) is 0 Å². The zero-order valence-corrected chi connectivity index (χ0v) is 7.72. The molecule has 1 atom stereocenters. The van der Waals surface area contributed by atoms with E-state index >= 15 is 0 Å². The van der Waals surface area contributed by atoms with Gasteiger partial charge in [0.05, 0.1) is 0 Å². The van der Waals surface area contributed by atoms with E-state index in [4.69, 9.17) is 4.12 Å². The fourth-order valence-electron chi connectivity index (χ4n) is 0.346. The Hall–Kier alpha value is 0.0938. The quantitative estimate of drug-likeness (QED) is 0.530. The summed E-state index contributed by atoms with van der Waals surface area (Å²) in [6.07, 6.45) is 0. The molecule has 0 saturated carbocycles. The van der Waals surface area contributed by atoms with E-state index in [9.17, 15) is 4.80 Å². The summed E-state index contributed by atoms with van der Waals surface area (Å²) in [5.41, 5.74) is 1.42. The molecule has 0 fully saturated rings. The Balaban J connectivity index is 3.53. The molecular weight excluding hydrogens is 136 g/mol. The average Bonchev–Trinajstić information content (AvgIpc) is 1.67. The molecule has 2 nitrogen and oxygen atoms in total. The van der Waals surface area contributed by atoms with Crippen molar-refractivity contribution in [2.45, 2.75) is 13.1 Å². The first kappa shape index (κ1) is 8.09. The first-order chi connectivity index (χ1) is 3.62. The lowest BCUT2D eigenvalue weighted by atomic mass is 11.3. The van der Waals surface area contributed by atoms with Crippen LogP contribution in [-0.4, -0.2) is 18.3 Å². The summed E-state index contributed by atoms with van der Waals surface area (Å²) in [5.74, 6) is 0. The molecule has 0 aliphatic rings. The predicted molar refractivity (Wildman–Crippen MR) is 38.0 cm³/mol. The third-order valence-corrected chi connectivity index (χ3v) is 4.99. The van der Waals surface area contributed by atoms with Gasteiger partial charge in [0.15, 0.2) is 0 Å². The summed E-state index contributed by atoms with van der Waals surface area (Å²) in [7, 11) is -3.12. The molecule has 1 radical (unpaired) electrons. The van der Waals surface area contributed by atoms with Gasteiger partial charge in [0.25, 0.3) is 0 Å². The lowest BCUT2D eigenvalue weighted by molar-refractivity contribution is 0.336. The van der Waals surface area contributed by atoms with Crippen molar-refractivity contribution in [3.8, 4) is 0 Å². The summed E-state index contributed by atoms with van der Waals surface area (Å²) in [4.78, 5) is 10.9. The van der Waals surface area contributed by atoms with Gasteiger partial charge in [-0.25, -0.2) is 0 Å². The van der Waals surface area contributed by atoms with E-state index < -0.39 is 18.3 Å². The lowest BCUT2D eigenvalue weighted by Gasteiger charge is -2.10. The minimum Gasteiger partial charge on any atom is -0.438 e. The van der Waals surface area contributed by atoms with Gasteiger partial charge in [-0.3, -0.25) is 4.80 Å². The van der Waals surface area contributed by atoms with Crippen molar-refractivity contribution in [2.24, 2.45) is 0 Å². The molecule has 0 heterocycles. The highest BCUT2D eigenvalue weighted by Gasteiger charge is 2.22. The first-order valence-corrected chi connectivity index (χ1v) is 6.99. The molecule has 0 rings (SSSR count). The second-order valence-corrected chi connectivity index (χ2v) is 5.83.